The molecule has 2 rings (SSSR count). The average molecular weight is 292 g/mol. The van der Waals surface area contributed by atoms with Crippen LogP contribution < -0.4 is 5.73 Å². The Morgan fingerprint density at radius 1 is 1.38 bits per heavy atom. The van der Waals surface area contributed by atoms with Crippen LogP contribution in [0.25, 0.3) is 0 Å². The van der Waals surface area contributed by atoms with Gasteiger partial charge in [0.1, 0.15) is 5.82 Å². The van der Waals surface area contributed by atoms with Gasteiger partial charge in [-0.1, -0.05) is 31.5 Å². The molecule has 1 atom stereocenters. The van der Waals surface area contributed by atoms with Crippen molar-refractivity contribution < 1.29 is 4.39 Å². The number of nitrogens with two attached hydrogens (primary N) is 1. The van der Waals surface area contributed by atoms with Crippen molar-refractivity contribution >= 4 is 5.96 Å². The highest BCUT2D eigenvalue weighted by atomic mass is 19.1. The number of rotatable bonds is 6. The number of aryl methyl sites for hydroxylation is 1. The Hall–Kier alpha value is -1.62. The number of nitrogens with zero attached hydrogens (tertiary/aromatic N) is 3. The monoisotopic (exact) mass is 292 g/mol. The summed E-state index contributed by atoms with van der Waals surface area (Å²) in [4.78, 5) is 8.66. The van der Waals surface area contributed by atoms with Crippen molar-refractivity contribution in [3.63, 3.8) is 0 Å². The summed E-state index contributed by atoms with van der Waals surface area (Å²) in [5.74, 6) is 0.344. The van der Waals surface area contributed by atoms with Crippen LogP contribution in [0.4, 0.5) is 4.39 Å². The van der Waals surface area contributed by atoms with Gasteiger partial charge in [0.2, 0.25) is 0 Å². The lowest BCUT2D eigenvalue weighted by atomic mass is 10.0. The van der Waals surface area contributed by atoms with E-state index in [9.17, 15) is 4.39 Å². The Bertz CT molecular complexity index is 511. The van der Waals surface area contributed by atoms with Crippen molar-refractivity contribution in [3.8, 4) is 0 Å². The van der Waals surface area contributed by atoms with Crippen LogP contribution in [0, 0.1) is 12.7 Å². The number of aliphatic imine (C=N–C) groups is 1. The second-order valence-electron chi connectivity index (χ2n) is 5.46. The fourth-order valence-electron chi connectivity index (χ4n) is 2.77. The zero-order chi connectivity index (χ0) is 15.4. The molecular weight excluding hydrogens is 267 g/mol. The van der Waals surface area contributed by atoms with Crippen LogP contribution in [0.3, 0.4) is 0 Å². The normalized spacial score (nSPS) is 18.4. The van der Waals surface area contributed by atoms with Crippen LogP contribution >= 0.6 is 0 Å². The molecule has 21 heavy (non-hydrogen) atoms. The first-order chi connectivity index (χ1) is 10.1. The van der Waals surface area contributed by atoms with Gasteiger partial charge in [0.15, 0.2) is 5.96 Å². The summed E-state index contributed by atoms with van der Waals surface area (Å²) in [6.45, 7) is 10.5. The van der Waals surface area contributed by atoms with Crippen LogP contribution in [0.5, 0.6) is 0 Å². The fourth-order valence-corrected chi connectivity index (χ4v) is 2.77. The van der Waals surface area contributed by atoms with Crippen molar-refractivity contribution in [3.05, 3.63) is 35.1 Å². The molecule has 0 aliphatic carbocycles. The van der Waals surface area contributed by atoms with Crippen molar-refractivity contribution in [2.45, 2.75) is 26.8 Å². The summed E-state index contributed by atoms with van der Waals surface area (Å²) in [7, 11) is 0. The van der Waals surface area contributed by atoms with Crippen molar-refractivity contribution in [2.24, 2.45) is 10.7 Å². The predicted molar refractivity (Wildman–Crippen MR) is 84.9 cm³/mol. The van der Waals surface area contributed by atoms with E-state index in [2.05, 4.69) is 23.7 Å². The summed E-state index contributed by atoms with van der Waals surface area (Å²) >= 11 is 0. The lowest BCUT2D eigenvalue weighted by Crippen LogP contribution is -2.41. The van der Waals surface area contributed by atoms with E-state index in [-0.39, 0.29) is 11.9 Å². The third-order valence-electron chi connectivity index (χ3n) is 4.16. The van der Waals surface area contributed by atoms with Gasteiger partial charge < -0.3 is 15.5 Å². The van der Waals surface area contributed by atoms with E-state index in [0.29, 0.717) is 18.1 Å². The number of hydrogen-bond acceptors (Lipinski definition) is 4. The van der Waals surface area contributed by atoms with Crippen molar-refractivity contribution in [1.29, 1.82) is 0 Å². The molecule has 5 heteroatoms. The molecule has 1 aromatic carbocycles. The van der Waals surface area contributed by atoms with E-state index < -0.39 is 0 Å². The molecule has 0 spiro atoms. The molecule has 1 aliphatic rings. The third-order valence-corrected chi connectivity index (χ3v) is 4.16. The molecular formula is C16H25FN4. The number of likely N-dealkylation sites (N-methyl/N-ethyl adjacent to an activating group) is 1. The number of benzene rings is 1. The zero-order valence-corrected chi connectivity index (χ0v) is 13.1. The molecule has 1 heterocycles. The quantitative estimate of drug-likeness (QED) is 0.874. The molecule has 1 aromatic rings. The van der Waals surface area contributed by atoms with Crippen LogP contribution in [0.15, 0.2) is 23.2 Å². The minimum Gasteiger partial charge on any atom is -0.370 e. The second-order valence-corrected chi connectivity index (χ2v) is 5.46. The summed E-state index contributed by atoms with van der Waals surface area (Å²) in [6.07, 6.45) is 0. The lowest BCUT2D eigenvalue weighted by molar-refractivity contribution is 0.246. The highest BCUT2D eigenvalue weighted by Gasteiger charge is 2.29. The van der Waals surface area contributed by atoms with Gasteiger partial charge in [0.05, 0.1) is 12.6 Å². The molecule has 0 saturated carbocycles. The Balaban J connectivity index is 2.14. The van der Waals surface area contributed by atoms with Gasteiger partial charge >= 0.3 is 0 Å². The van der Waals surface area contributed by atoms with E-state index in [0.717, 1.165) is 31.7 Å². The summed E-state index contributed by atoms with van der Waals surface area (Å²) in [5, 5.41) is 0. The highest BCUT2D eigenvalue weighted by molar-refractivity contribution is 5.80. The molecule has 0 aromatic heterocycles. The van der Waals surface area contributed by atoms with Gasteiger partial charge in [-0.2, -0.15) is 0 Å². The molecule has 0 saturated heterocycles. The van der Waals surface area contributed by atoms with Crippen LogP contribution in [-0.2, 0) is 0 Å². The Labute approximate surface area is 126 Å². The summed E-state index contributed by atoms with van der Waals surface area (Å²) in [5.41, 5.74) is 7.75. The van der Waals surface area contributed by atoms with E-state index >= 15 is 0 Å². The van der Waals surface area contributed by atoms with Crippen LogP contribution in [-0.4, -0.2) is 48.5 Å². The molecule has 0 amide bonds. The maximum atomic E-state index is 14.1. The van der Waals surface area contributed by atoms with E-state index in [1.807, 2.05) is 17.9 Å². The Kier molecular flexibility index (Phi) is 5.17. The fraction of sp³-hybridized carbons (Fsp3) is 0.562. The standard InChI is InChI=1S/C16H25FN4/c1-4-20(5-2)8-9-21-15(11-19-16(21)18)13-10-12(3)6-7-14(13)17/h6-7,10,15H,4-5,8-9,11H2,1-3H3,(H2,18,19). The van der Waals surface area contributed by atoms with Gasteiger partial charge in [0.25, 0.3) is 0 Å². The maximum absolute atomic E-state index is 14.1. The molecule has 116 valence electrons. The minimum atomic E-state index is -0.177. The van der Waals surface area contributed by atoms with E-state index in [1.165, 1.54) is 6.07 Å². The molecule has 2 N–H and O–H groups in total. The molecule has 1 unspecified atom stereocenters. The first-order valence-corrected chi connectivity index (χ1v) is 7.61. The predicted octanol–water partition coefficient (Wildman–Crippen LogP) is 2.15. The van der Waals surface area contributed by atoms with E-state index in [1.54, 1.807) is 6.07 Å². The topological polar surface area (TPSA) is 44.9 Å². The molecule has 1 aliphatic heterocycles. The number of hydrogen-bond donors (Lipinski definition) is 1. The highest BCUT2D eigenvalue weighted by Crippen LogP contribution is 2.28. The van der Waals surface area contributed by atoms with Crippen LogP contribution in [0.1, 0.15) is 31.0 Å². The Morgan fingerprint density at radius 3 is 2.76 bits per heavy atom. The van der Waals surface area contributed by atoms with Gasteiger partial charge in [-0.05, 0) is 26.1 Å². The Morgan fingerprint density at radius 2 is 2.10 bits per heavy atom. The minimum absolute atomic E-state index is 0.0829. The third kappa shape index (κ3) is 3.53. The first kappa shape index (κ1) is 15.8. The smallest absolute Gasteiger partial charge is 0.191 e. The van der Waals surface area contributed by atoms with Gasteiger partial charge in [-0.3, -0.25) is 4.99 Å². The van der Waals surface area contributed by atoms with Crippen LogP contribution in [0.2, 0.25) is 0 Å². The molecule has 0 fully saturated rings. The van der Waals surface area contributed by atoms with Gasteiger partial charge in [0, 0.05) is 18.7 Å². The summed E-state index contributed by atoms with van der Waals surface area (Å²) in [6, 6.07) is 5.14. The maximum Gasteiger partial charge on any atom is 0.191 e. The van der Waals surface area contributed by atoms with Crippen molar-refractivity contribution in [2.75, 3.05) is 32.7 Å². The number of guanidine groups is 1. The number of halogens is 1. The summed E-state index contributed by atoms with van der Waals surface area (Å²) < 4.78 is 14.1. The SMILES string of the molecule is CCN(CC)CCN1C(N)=NCC1c1cc(C)ccc1F. The van der Waals surface area contributed by atoms with Gasteiger partial charge in [-0.25, -0.2) is 4.39 Å². The molecule has 0 bridgehead atoms. The zero-order valence-electron chi connectivity index (χ0n) is 13.1. The molecule has 4 nitrogen and oxygen atoms in total. The van der Waals surface area contributed by atoms with Crippen molar-refractivity contribution in [1.82, 2.24) is 9.80 Å². The van der Waals surface area contributed by atoms with Gasteiger partial charge in [-0.15, -0.1) is 0 Å². The second kappa shape index (κ2) is 6.89. The average Bonchev–Trinajstić information content (AvgIpc) is 2.84. The van der Waals surface area contributed by atoms with E-state index in [4.69, 9.17) is 5.73 Å². The largest absolute Gasteiger partial charge is 0.370 e. The molecule has 0 radical (unpaired) electrons. The first-order valence-electron chi connectivity index (χ1n) is 7.61. The lowest BCUT2D eigenvalue weighted by Gasteiger charge is -2.29.